The van der Waals surface area contributed by atoms with E-state index < -0.39 is 0 Å². The second-order valence-electron chi connectivity index (χ2n) is 6.99. The van der Waals surface area contributed by atoms with Crippen LogP contribution in [0.5, 0.6) is 11.5 Å². The van der Waals surface area contributed by atoms with Crippen LogP contribution in [0.1, 0.15) is 25.7 Å². The molecule has 0 bridgehead atoms. The molecule has 4 rings (SSSR count). The molecule has 2 fully saturated rings. The summed E-state index contributed by atoms with van der Waals surface area (Å²) in [7, 11) is 0.0278. The lowest BCUT2D eigenvalue weighted by atomic mass is 10.2. The highest BCUT2D eigenvalue weighted by atomic mass is 16.6. The van der Waals surface area contributed by atoms with E-state index in [4.69, 9.17) is 9.31 Å². The topological polar surface area (TPSA) is 76.7 Å². The predicted octanol–water partition coefficient (Wildman–Crippen LogP) is 3.11. The van der Waals surface area contributed by atoms with Crippen LogP contribution in [0, 0.1) is 11.8 Å². The van der Waals surface area contributed by atoms with Crippen molar-refractivity contribution in [2.75, 3.05) is 10.6 Å². The number of amides is 2. The smallest absolute Gasteiger partial charge is 0.528 e. The SMILES string of the molecule is O=C(Nc1cccc(OBOc2cccc(NC(=O)C3CC3)c2)c1)C1CC1. The average Bonchev–Trinajstić information content (AvgIpc) is 3.56. The summed E-state index contributed by atoms with van der Waals surface area (Å²) in [5.41, 5.74) is 1.43. The summed E-state index contributed by atoms with van der Waals surface area (Å²) in [6.07, 6.45) is 3.87. The monoisotopic (exact) mass is 364 g/mol. The molecule has 0 aliphatic heterocycles. The molecule has 2 aliphatic carbocycles. The molecular weight excluding hydrogens is 343 g/mol. The van der Waals surface area contributed by atoms with Crippen LogP contribution in [0.3, 0.4) is 0 Å². The van der Waals surface area contributed by atoms with Gasteiger partial charge in [0.1, 0.15) is 11.5 Å². The predicted molar refractivity (Wildman–Crippen MR) is 104 cm³/mol. The van der Waals surface area contributed by atoms with Gasteiger partial charge in [-0.1, -0.05) is 12.1 Å². The van der Waals surface area contributed by atoms with E-state index in [0.29, 0.717) is 22.9 Å². The van der Waals surface area contributed by atoms with Gasteiger partial charge >= 0.3 is 7.69 Å². The van der Waals surface area contributed by atoms with Gasteiger partial charge in [-0.25, -0.2) is 0 Å². The number of anilines is 2. The minimum absolute atomic E-state index is 0.0278. The van der Waals surface area contributed by atoms with Crippen LogP contribution >= 0.6 is 0 Å². The summed E-state index contributed by atoms with van der Waals surface area (Å²) in [5.74, 6) is 1.67. The maximum absolute atomic E-state index is 11.8. The van der Waals surface area contributed by atoms with E-state index in [-0.39, 0.29) is 31.3 Å². The maximum Gasteiger partial charge on any atom is 0.576 e. The first kappa shape index (κ1) is 17.5. The van der Waals surface area contributed by atoms with Gasteiger partial charge in [0.25, 0.3) is 0 Å². The molecule has 0 atom stereocenters. The molecule has 2 aliphatic rings. The van der Waals surface area contributed by atoms with Gasteiger partial charge in [-0.2, -0.15) is 0 Å². The fourth-order valence-electron chi connectivity index (χ4n) is 2.67. The molecule has 2 aromatic carbocycles. The fourth-order valence-corrected chi connectivity index (χ4v) is 2.67. The first-order chi connectivity index (χ1) is 13.2. The van der Waals surface area contributed by atoms with E-state index in [0.717, 1.165) is 25.7 Å². The molecule has 0 unspecified atom stereocenters. The highest BCUT2D eigenvalue weighted by Crippen LogP contribution is 2.31. The first-order valence-corrected chi connectivity index (χ1v) is 9.25. The van der Waals surface area contributed by atoms with Crippen molar-refractivity contribution in [2.24, 2.45) is 11.8 Å². The minimum atomic E-state index is 0.0278. The quantitative estimate of drug-likeness (QED) is 0.706. The molecule has 0 aromatic heterocycles. The number of hydrogen-bond donors (Lipinski definition) is 2. The van der Waals surface area contributed by atoms with Crippen molar-refractivity contribution in [1.82, 2.24) is 0 Å². The molecule has 7 heteroatoms. The number of hydrogen-bond acceptors (Lipinski definition) is 4. The Morgan fingerprint density at radius 3 is 1.63 bits per heavy atom. The van der Waals surface area contributed by atoms with Gasteiger partial charge in [0.05, 0.1) is 0 Å². The summed E-state index contributed by atoms with van der Waals surface area (Å²) in [4.78, 5) is 23.7. The molecule has 2 aromatic rings. The number of rotatable bonds is 8. The van der Waals surface area contributed by atoms with Gasteiger partial charge in [-0.15, -0.1) is 0 Å². The van der Waals surface area contributed by atoms with Crippen LogP contribution in [-0.2, 0) is 9.59 Å². The molecule has 27 heavy (non-hydrogen) atoms. The Kier molecular flexibility index (Phi) is 5.00. The van der Waals surface area contributed by atoms with Gasteiger partial charge in [0.15, 0.2) is 0 Å². The molecule has 2 saturated carbocycles. The van der Waals surface area contributed by atoms with E-state index in [1.807, 2.05) is 36.4 Å². The number of benzene rings is 2. The van der Waals surface area contributed by atoms with Crippen LogP contribution in [0.4, 0.5) is 11.4 Å². The lowest BCUT2D eigenvalue weighted by molar-refractivity contribution is -0.118. The average molecular weight is 364 g/mol. The molecule has 2 N–H and O–H groups in total. The van der Waals surface area contributed by atoms with E-state index in [1.54, 1.807) is 12.1 Å². The lowest BCUT2D eigenvalue weighted by Gasteiger charge is -2.11. The highest BCUT2D eigenvalue weighted by molar-refractivity contribution is 6.20. The third-order valence-electron chi connectivity index (χ3n) is 4.55. The van der Waals surface area contributed by atoms with Crippen molar-refractivity contribution < 1.29 is 18.9 Å². The molecule has 0 saturated heterocycles. The Balaban J connectivity index is 1.27. The van der Waals surface area contributed by atoms with Crippen molar-refractivity contribution in [2.45, 2.75) is 25.7 Å². The number of carbonyl (C=O) groups excluding carboxylic acids is 2. The Labute approximate surface area is 158 Å². The Bertz CT molecular complexity index is 780. The van der Waals surface area contributed by atoms with Crippen molar-refractivity contribution in [3.05, 3.63) is 48.5 Å². The highest BCUT2D eigenvalue weighted by Gasteiger charge is 2.30. The molecule has 138 valence electrons. The van der Waals surface area contributed by atoms with Gasteiger partial charge in [-0.3, -0.25) is 9.59 Å². The molecule has 2 amide bonds. The van der Waals surface area contributed by atoms with Crippen molar-refractivity contribution >= 4 is 30.9 Å². The Hall–Kier alpha value is -2.96. The summed E-state index contributed by atoms with van der Waals surface area (Å²) >= 11 is 0. The standard InChI is InChI=1S/C20H21BN2O4/c24-19(13-7-8-13)22-15-3-1-5-17(11-15)26-21-27-18-6-2-4-16(12-18)23-20(25)14-9-10-14/h1-6,11-14,21H,7-10H2,(H,22,24)(H,23,25). The fraction of sp³-hybridized carbons (Fsp3) is 0.300. The van der Waals surface area contributed by atoms with Crippen LogP contribution in [-0.4, -0.2) is 19.5 Å². The number of carbonyl (C=O) groups is 2. The molecule has 0 radical (unpaired) electrons. The molecular formula is C20H21BN2O4. The summed E-state index contributed by atoms with van der Waals surface area (Å²) in [6, 6.07) is 14.5. The molecule has 0 spiro atoms. The van der Waals surface area contributed by atoms with E-state index in [2.05, 4.69) is 10.6 Å². The van der Waals surface area contributed by atoms with E-state index in [9.17, 15) is 9.59 Å². The van der Waals surface area contributed by atoms with Gasteiger partial charge < -0.3 is 19.9 Å². The number of nitrogens with one attached hydrogen (secondary N) is 2. The van der Waals surface area contributed by atoms with Gasteiger partial charge in [-0.05, 0) is 49.9 Å². The summed E-state index contributed by atoms with van der Waals surface area (Å²) in [6.45, 7) is 0. The second kappa shape index (κ2) is 7.74. The van der Waals surface area contributed by atoms with Crippen LogP contribution < -0.4 is 19.9 Å². The minimum Gasteiger partial charge on any atom is -0.528 e. The Morgan fingerprint density at radius 2 is 1.22 bits per heavy atom. The van der Waals surface area contributed by atoms with Crippen molar-refractivity contribution in [1.29, 1.82) is 0 Å². The maximum atomic E-state index is 11.8. The second-order valence-corrected chi connectivity index (χ2v) is 6.99. The zero-order valence-corrected chi connectivity index (χ0v) is 14.9. The third-order valence-corrected chi connectivity index (χ3v) is 4.55. The summed E-state index contributed by atoms with van der Waals surface area (Å²) in [5, 5.41) is 5.78. The van der Waals surface area contributed by atoms with Crippen LogP contribution in [0.25, 0.3) is 0 Å². The molecule has 6 nitrogen and oxygen atoms in total. The van der Waals surface area contributed by atoms with E-state index in [1.165, 1.54) is 0 Å². The van der Waals surface area contributed by atoms with E-state index >= 15 is 0 Å². The van der Waals surface area contributed by atoms with Crippen LogP contribution in [0.2, 0.25) is 0 Å². The molecule has 0 heterocycles. The zero-order valence-electron chi connectivity index (χ0n) is 14.9. The lowest BCUT2D eigenvalue weighted by Crippen LogP contribution is -2.15. The van der Waals surface area contributed by atoms with Crippen LogP contribution in [0.15, 0.2) is 48.5 Å². The third kappa shape index (κ3) is 5.03. The van der Waals surface area contributed by atoms with Crippen molar-refractivity contribution in [3.8, 4) is 11.5 Å². The summed E-state index contributed by atoms with van der Waals surface area (Å²) < 4.78 is 11.2. The van der Waals surface area contributed by atoms with Gasteiger partial charge in [0.2, 0.25) is 11.8 Å². The van der Waals surface area contributed by atoms with Crippen molar-refractivity contribution in [3.63, 3.8) is 0 Å². The first-order valence-electron chi connectivity index (χ1n) is 9.25. The Morgan fingerprint density at radius 1 is 0.778 bits per heavy atom. The normalized spacial score (nSPS) is 15.6. The largest absolute Gasteiger partial charge is 0.576 e. The zero-order chi connectivity index (χ0) is 18.6. The van der Waals surface area contributed by atoms with Gasteiger partial charge in [0, 0.05) is 35.3 Å².